The van der Waals surface area contributed by atoms with Crippen molar-refractivity contribution in [2.45, 2.75) is 109 Å². The molecule has 4 nitrogen and oxygen atoms in total. The molecule has 0 bridgehead atoms. The highest BCUT2D eigenvalue weighted by Crippen LogP contribution is 2.60. The second-order valence-electron chi connectivity index (χ2n) is 11.4. The molecule has 0 aromatic heterocycles. The van der Waals surface area contributed by atoms with Gasteiger partial charge in [0, 0.05) is 0 Å². The summed E-state index contributed by atoms with van der Waals surface area (Å²) in [7, 11) is 0. The molecule has 2 unspecified atom stereocenters. The summed E-state index contributed by atoms with van der Waals surface area (Å²) in [6, 6.07) is 0. The SMILES string of the molecule is C=C1CC[C@H](O)CC1=CC=C1CCC[C@]2(C)[C@@H]([C@H](C)CC(O)C(O)C(C)(C)O)CC[C@@H]12. The van der Waals surface area contributed by atoms with Gasteiger partial charge in [-0.1, -0.05) is 43.7 Å². The van der Waals surface area contributed by atoms with Gasteiger partial charge in [0.2, 0.25) is 0 Å². The molecule has 3 saturated carbocycles. The molecule has 4 heteroatoms. The number of hydrogen-bond donors (Lipinski definition) is 4. The fraction of sp³-hybridized carbons (Fsp3) is 0.778. The van der Waals surface area contributed by atoms with Gasteiger partial charge >= 0.3 is 0 Å². The highest BCUT2D eigenvalue weighted by atomic mass is 16.4. The molecule has 0 radical (unpaired) electrons. The molecule has 0 spiro atoms. The van der Waals surface area contributed by atoms with E-state index in [2.05, 4.69) is 32.6 Å². The Morgan fingerprint density at radius 2 is 1.87 bits per heavy atom. The predicted molar refractivity (Wildman–Crippen MR) is 125 cm³/mol. The zero-order valence-corrected chi connectivity index (χ0v) is 20.0. The van der Waals surface area contributed by atoms with Crippen molar-refractivity contribution in [1.29, 1.82) is 0 Å². The van der Waals surface area contributed by atoms with Crippen LogP contribution in [0.1, 0.15) is 85.5 Å². The van der Waals surface area contributed by atoms with E-state index in [1.165, 1.54) is 30.4 Å². The van der Waals surface area contributed by atoms with E-state index >= 15 is 0 Å². The van der Waals surface area contributed by atoms with Crippen molar-refractivity contribution in [3.8, 4) is 0 Å². The summed E-state index contributed by atoms with van der Waals surface area (Å²) >= 11 is 0. The summed E-state index contributed by atoms with van der Waals surface area (Å²) in [5.41, 5.74) is 2.81. The zero-order chi connectivity index (χ0) is 23.0. The van der Waals surface area contributed by atoms with Crippen LogP contribution in [0.3, 0.4) is 0 Å². The number of aliphatic hydroxyl groups excluding tert-OH is 3. The lowest BCUT2D eigenvalue weighted by Crippen LogP contribution is -2.46. The first-order valence-electron chi connectivity index (χ1n) is 12.3. The second kappa shape index (κ2) is 9.51. The van der Waals surface area contributed by atoms with E-state index in [0.29, 0.717) is 24.7 Å². The molecule has 0 aromatic rings. The second-order valence-corrected chi connectivity index (χ2v) is 11.4. The molecule has 3 aliphatic rings. The van der Waals surface area contributed by atoms with Gasteiger partial charge in [-0.3, -0.25) is 0 Å². The number of allylic oxidation sites excluding steroid dienone is 4. The fourth-order valence-electron chi connectivity index (χ4n) is 6.75. The third-order valence-electron chi connectivity index (χ3n) is 8.61. The molecule has 3 fully saturated rings. The largest absolute Gasteiger partial charge is 0.393 e. The molecule has 176 valence electrons. The predicted octanol–water partition coefficient (Wildman–Crippen LogP) is 4.68. The minimum atomic E-state index is -1.30. The monoisotopic (exact) mass is 432 g/mol. The quantitative estimate of drug-likeness (QED) is 0.491. The van der Waals surface area contributed by atoms with Gasteiger partial charge < -0.3 is 20.4 Å². The minimum absolute atomic E-state index is 0.213. The van der Waals surface area contributed by atoms with Crippen LogP contribution in [-0.2, 0) is 0 Å². The maximum Gasteiger partial charge on any atom is 0.108 e. The Balaban J connectivity index is 1.72. The normalized spacial score (nSPS) is 37.7. The van der Waals surface area contributed by atoms with Crippen molar-refractivity contribution in [1.82, 2.24) is 0 Å². The lowest BCUT2D eigenvalue weighted by molar-refractivity contribution is -0.113. The maximum atomic E-state index is 10.5. The molecule has 0 amide bonds. The van der Waals surface area contributed by atoms with Gasteiger partial charge in [0.05, 0.1) is 17.8 Å². The van der Waals surface area contributed by atoms with Gasteiger partial charge in [-0.05, 0) is 100 Å². The number of hydrogen-bond acceptors (Lipinski definition) is 4. The van der Waals surface area contributed by atoms with Crippen LogP contribution < -0.4 is 0 Å². The summed E-state index contributed by atoms with van der Waals surface area (Å²) in [5, 5.41) is 40.9. The Morgan fingerprint density at radius 3 is 2.55 bits per heavy atom. The summed E-state index contributed by atoms with van der Waals surface area (Å²) in [5.74, 6) is 1.35. The van der Waals surface area contributed by atoms with Crippen LogP contribution >= 0.6 is 0 Å². The van der Waals surface area contributed by atoms with Gasteiger partial charge in [-0.2, -0.15) is 0 Å². The molecule has 31 heavy (non-hydrogen) atoms. The molecule has 7 atom stereocenters. The van der Waals surface area contributed by atoms with E-state index < -0.39 is 17.8 Å². The van der Waals surface area contributed by atoms with Crippen molar-refractivity contribution in [3.63, 3.8) is 0 Å². The standard InChI is InChI=1S/C27H44O4/c1-17-8-11-21(28)16-20(17)10-9-19-7-6-14-27(5)22(12-13-23(19)27)18(2)15-24(29)25(30)26(3,4)31/h9-10,18,21-25,28-31H,1,6-8,11-16H2,2-5H3/t18-,21+,22-,23+,24?,25?,27-/m1/s1. The Labute approximate surface area is 188 Å². The van der Waals surface area contributed by atoms with Crippen LogP contribution in [0.15, 0.2) is 35.5 Å². The number of aliphatic hydroxyl groups is 4. The van der Waals surface area contributed by atoms with Crippen LogP contribution in [0.25, 0.3) is 0 Å². The third kappa shape index (κ3) is 5.35. The van der Waals surface area contributed by atoms with E-state index in [1.54, 1.807) is 13.8 Å². The first kappa shape index (κ1) is 24.7. The molecular weight excluding hydrogens is 388 g/mol. The van der Waals surface area contributed by atoms with Crippen molar-refractivity contribution in [3.05, 3.63) is 35.5 Å². The highest BCUT2D eigenvalue weighted by Gasteiger charge is 2.51. The molecule has 0 aromatic carbocycles. The van der Waals surface area contributed by atoms with E-state index in [4.69, 9.17) is 0 Å². The molecule has 0 heterocycles. The lowest BCUT2D eigenvalue weighted by Gasteiger charge is -2.45. The van der Waals surface area contributed by atoms with Crippen LogP contribution in [0.2, 0.25) is 0 Å². The maximum absolute atomic E-state index is 10.5. The average Bonchev–Trinajstić information content (AvgIpc) is 3.04. The minimum Gasteiger partial charge on any atom is -0.393 e. The number of fused-ring (bicyclic) bond motifs is 1. The summed E-state index contributed by atoms with van der Waals surface area (Å²) in [6.45, 7) is 11.9. The Kier molecular flexibility index (Phi) is 7.57. The Hall–Kier alpha value is -0.940. The van der Waals surface area contributed by atoms with Crippen LogP contribution in [-0.4, -0.2) is 44.3 Å². The van der Waals surface area contributed by atoms with Crippen LogP contribution in [0, 0.1) is 23.2 Å². The van der Waals surface area contributed by atoms with E-state index in [9.17, 15) is 20.4 Å². The highest BCUT2D eigenvalue weighted by molar-refractivity contribution is 5.36. The topological polar surface area (TPSA) is 80.9 Å². The van der Waals surface area contributed by atoms with Gasteiger partial charge in [-0.25, -0.2) is 0 Å². The zero-order valence-electron chi connectivity index (χ0n) is 20.0. The van der Waals surface area contributed by atoms with Crippen molar-refractivity contribution >= 4 is 0 Å². The average molecular weight is 433 g/mol. The van der Waals surface area contributed by atoms with Crippen molar-refractivity contribution in [2.24, 2.45) is 23.2 Å². The Bertz CT molecular complexity index is 715. The van der Waals surface area contributed by atoms with E-state index in [0.717, 1.165) is 31.3 Å². The van der Waals surface area contributed by atoms with Gasteiger partial charge in [-0.15, -0.1) is 0 Å². The van der Waals surface area contributed by atoms with Gasteiger partial charge in [0.15, 0.2) is 0 Å². The third-order valence-corrected chi connectivity index (χ3v) is 8.61. The lowest BCUT2D eigenvalue weighted by atomic mass is 9.60. The van der Waals surface area contributed by atoms with E-state index in [-0.39, 0.29) is 17.4 Å². The smallest absolute Gasteiger partial charge is 0.108 e. The first-order chi connectivity index (χ1) is 14.4. The van der Waals surface area contributed by atoms with E-state index in [1.807, 2.05) is 0 Å². The summed E-state index contributed by atoms with van der Waals surface area (Å²) in [6.07, 6.45) is 11.0. The number of rotatable bonds is 6. The van der Waals surface area contributed by atoms with Crippen LogP contribution in [0.4, 0.5) is 0 Å². The Morgan fingerprint density at radius 1 is 1.16 bits per heavy atom. The summed E-state index contributed by atoms with van der Waals surface area (Å²) in [4.78, 5) is 0. The molecule has 3 rings (SSSR count). The van der Waals surface area contributed by atoms with Gasteiger partial charge in [0.25, 0.3) is 0 Å². The van der Waals surface area contributed by atoms with Crippen molar-refractivity contribution in [2.75, 3.05) is 0 Å². The molecular formula is C27H44O4. The van der Waals surface area contributed by atoms with Crippen molar-refractivity contribution < 1.29 is 20.4 Å². The van der Waals surface area contributed by atoms with Gasteiger partial charge in [0.1, 0.15) is 6.10 Å². The molecule has 0 saturated heterocycles. The fourth-order valence-corrected chi connectivity index (χ4v) is 6.75. The molecule has 3 aliphatic carbocycles. The van der Waals surface area contributed by atoms with Crippen LogP contribution in [0.5, 0.6) is 0 Å². The summed E-state index contributed by atoms with van der Waals surface area (Å²) < 4.78 is 0. The molecule has 4 N–H and O–H groups in total. The first-order valence-corrected chi connectivity index (χ1v) is 12.3. The molecule has 0 aliphatic heterocycles.